The first kappa shape index (κ1) is 17.2. The van der Waals surface area contributed by atoms with Crippen molar-refractivity contribution >= 4 is 17.1 Å². The monoisotopic (exact) mass is 322 g/mol. The Balaban J connectivity index is 2.50. The fourth-order valence-corrected chi connectivity index (χ4v) is 2.33. The summed E-state index contributed by atoms with van der Waals surface area (Å²) in [7, 11) is 3.83. The van der Waals surface area contributed by atoms with E-state index >= 15 is 0 Å². The third kappa shape index (κ3) is 3.77. The smallest absolute Gasteiger partial charge is 0.337 e. The van der Waals surface area contributed by atoms with E-state index in [1.165, 1.54) is 16.8 Å². The molecule has 8 nitrogen and oxygen atoms in total. The standard InChI is InChI=1S/C15H22N4O4/c1-4-23-8-7-19-13-12(9-11(10-16-13)14(20)21)18(15(19)22)6-5-17(2)3/h9-10H,4-8H2,1-3H3,(H,20,21). The highest BCUT2D eigenvalue weighted by Gasteiger charge is 2.16. The zero-order chi connectivity index (χ0) is 17.0. The SMILES string of the molecule is CCOCCn1c(=O)n(CCN(C)C)c2cc(C(=O)O)cnc21. The van der Waals surface area contributed by atoms with Gasteiger partial charge in [-0.1, -0.05) is 0 Å². The third-order valence-corrected chi connectivity index (χ3v) is 3.54. The number of ether oxygens (including phenoxy) is 1. The van der Waals surface area contributed by atoms with E-state index < -0.39 is 5.97 Å². The highest BCUT2D eigenvalue weighted by Crippen LogP contribution is 2.13. The molecule has 1 N–H and O–H groups in total. The van der Waals surface area contributed by atoms with Gasteiger partial charge in [0.1, 0.15) is 0 Å². The lowest BCUT2D eigenvalue weighted by atomic mass is 10.2. The molecule has 0 amide bonds. The Labute approximate surface area is 133 Å². The Morgan fingerprint density at radius 2 is 2.09 bits per heavy atom. The number of pyridine rings is 1. The second-order valence-electron chi connectivity index (χ2n) is 5.46. The molecule has 0 fully saturated rings. The lowest BCUT2D eigenvalue weighted by Gasteiger charge is -2.09. The average Bonchev–Trinajstić information content (AvgIpc) is 2.77. The maximum Gasteiger partial charge on any atom is 0.337 e. The first-order valence-corrected chi connectivity index (χ1v) is 7.50. The summed E-state index contributed by atoms with van der Waals surface area (Å²) in [5.74, 6) is -1.06. The number of imidazole rings is 1. The summed E-state index contributed by atoms with van der Waals surface area (Å²) in [4.78, 5) is 29.9. The van der Waals surface area contributed by atoms with Gasteiger partial charge in [-0.05, 0) is 27.1 Å². The molecule has 0 bridgehead atoms. The zero-order valence-electron chi connectivity index (χ0n) is 13.7. The van der Waals surface area contributed by atoms with E-state index in [9.17, 15) is 9.59 Å². The van der Waals surface area contributed by atoms with E-state index in [1.54, 1.807) is 4.57 Å². The average molecular weight is 322 g/mol. The summed E-state index contributed by atoms with van der Waals surface area (Å²) in [6.07, 6.45) is 1.28. The second-order valence-corrected chi connectivity index (χ2v) is 5.46. The zero-order valence-corrected chi connectivity index (χ0v) is 13.7. The molecule has 0 aliphatic rings. The minimum Gasteiger partial charge on any atom is -0.478 e. The number of aromatic carboxylic acids is 1. The van der Waals surface area contributed by atoms with Crippen molar-refractivity contribution in [2.75, 3.05) is 33.9 Å². The minimum absolute atomic E-state index is 0.0676. The Morgan fingerprint density at radius 3 is 2.70 bits per heavy atom. The Bertz CT molecular complexity index is 748. The molecule has 0 aliphatic carbocycles. The maximum atomic E-state index is 12.6. The van der Waals surface area contributed by atoms with Crippen molar-refractivity contribution in [2.45, 2.75) is 20.0 Å². The first-order valence-electron chi connectivity index (χ1n) is 7.50. The highest BCUT2D eigenvalue weighted by molar-refractivity contribution is 5.90. The number of hydrogen-bond donors (Lipinski definition) is 1. The Hall–Kier alpha value is -2.19. The fourth-order valence-electron chi connectivity index (χ4n) is 2.33. The summed E-state index contributed by atoms with van der Waals surface area (Å²) >= 11 is 0. The summed E-state index contributed by atoms with van der Waals surface area (Å²) < 4.78 is 8.42. The van der Waals surface area contributed by atoms with Crippen LogP contribution < -0.4 is 5.69 Å². The molecule has 0 spiro atoms. The van der Waals surface area contributed by atoms with E-state index in [0.29, 0.717) is 44.0 Å². The van der Waals surface area contributed by atoms with Crippen molar-refractivity contribution in [3.05, 3.63) is 28.3 Å². The number of carbonyl (C=O) groups is 1. The normalized spacial score (nSPS) is 11.5. The summed E-state index contributed by atoms with van der Waals surface area (Å²) in [5, 5.41) is 9.14. The molecule has 0 atom stereocenters. The summed E-state index contributed by atoms with van der Waals surface area (Å²) in [6.45, 7) is 4.39. The Morgan fingerprint density at radius 1 is 1.35 bits per heavy atom. The van der Waals surface area contributed by atoms with Crippen LogP contribution >= 0.6 is 0 Å². The van der Waals surface area contributed by atoms with Gasteiger partial charge in [0.05, 0.1) is 24.2 Å². The van der Waals surface area contributed by atoms with Gasteiger partial charge < -0.3 is 14.7 Å². The fraction of sp³-hybridized carbons (Fsp3) is 0.533. The lowest BCUT2D eigenvalue weighted by molar-refractivity contribution is 0.0696. The molecular formula is C15H22N4O4. The van der Waals surface area contributed by atoms with Crippen molar-refractivity contribution in [1.29, 1.82) is 0 Å². The van der Waals surface area contributed by atoms with Crippen molar-refractivity contribution in [3.8, 4) is 0 Å². The van der Waals surface area contributed by atoms with Gasteiger partial charge in [-0.2, -0.15) is 0 Å². The number of nitrogens with zero attached hydrogens (tertiary/aromatic N) is 4. The van der Waals surface area contributed by atoms with Crippen LogP contribution in [-0.4, -0.2) is 63.9 Å². The molecule has 2 heterocycles. The molecular weight excluding hydrogens is 300 g/mol. The van der Waals surface area contributed by atoms with Gasteiger partial charge in [0, 0.05) is 25.9 Å². The molecule has 0 unspecified atom stereocenters. The maximum absolute atomic E-state index is 12.6. The van der Waals surface area contributed by atoms with E-state index in [2.05, 4.69) is 4.98 Å². The quantitative estimate of drug-likeness (QED) is 0.712. The molecule has 2 aromatic rings. The number of aromatic nitrogens is 3. The first-order chi connectivity index (χ1) is 11.0. The number of fused-ring (bicyclic) bond motifs is 1. The molecule has 2 rings (SSSR count). The molecule has 8 heteroatoms. The van der Waals surface area contributed by atoms with Crippen LogP contribution in [0.15, 0.2) is 17.1 Å². The predicted octanol–water partition coefficient (Wildman–Crippen LogP) is 0.494. The van der Waals surface area contributed by atoms with Crippen LogP contribution in [0.2, 0.25) is 0 Å². The number of rotatable bonds is 8. The molecule has 0 saturated carbocycles. The summed E-state index contributed by atoms with van der Waals surface area (Å²) in [5.41, 5.74) is 0.890. The Kier molecular flexibility index (Phi) is 5.51. The van der Waals surface area contributed by atoms with Crippen LogP contribution in [0.1, 0.15) is 17.3 Å². The lowest BCUT2D eigenvalue weighted by Crippen LogP contribution is -2.29. The van der Waals surface area contributed by atoms with E-state index in [1.807, 2.05) is 25.9 Å². The van der Waals surface area contributed by atoms with Gasteiger partial charge >= 0.3 is 11.7 Å². The van der Waals surface area contributed by atoms with E-state index in [0.717, 1.165) is 0 Å². The summed E-state index contributed by atoms with van der Waals surface area (Å²) in [6, 6.07) is 1.50. The van der Waals surface area contributed by atoms with Crippen LogP contribution in [0.4, 0.5) is 0 Å². The van der Waals surface area contributed by atoms with Gasteiger partial charge in [0.15, 0.2) is 5.65 Å². The van der Waals surface area contributed by atoms with Gasteiger partial charge in [0.25, 0.3) is 0 Å². The van der Waals surface area contributed by atoms with E-state index in [4.69, 9.17) is 9.84 Å². The number of carboxylic acids is 1. The van der Waals surface area contributed by atoms with Crippen LogP contribution in [0.25, 0.3) is 11.2 Å². The van der Waals surface area contributed by atoms with Gasteiger partial charge in [-0.15, -0.1) is 0 Å². The molecule has 0 radical (unpaired) electrons. The van der Waals surface area contributed by atoms with Gasteiger partial charge in [0.2, 0.25) is 0 Å². The second kappa shape index (κ2) is 7.38. The van der Waals surface area contributed by atoms with E-state index in [-0.39, 0.29) is 11.3 Å². The molecule has 0 aliphatic heterocycles. The predicted molar refractivity (Wildman–Crippen MR) is 86.0 cm³/mol. The van der Waals surface area contributed by atoms with Crippen molar-refractivity contribution < 1.29 is 14.6 Å². The molecule has 2 aromatic heterocycles. The number of likely N-dealkylation sites (N-methyl/N-ethyl adjacent to an activating group) is 1. The largest absolute Gasteiger partial charge is 0.478 e. The highest BCUT2D eigenvalue weighted by atomic mass is 16.5. The van der Waals surface area contributed by atoms with Crippen molar-refractivity contribution in [1.82, 2.24) is 19.0 Å². The van der Waals surface area contributed by atoms with Crippen LogP contribution in [0.5, 0.6) is 0 Å². The topological polar surface area (TPSA) is 89.6 Å². The molecule has 0 aromatic carbocycles. The van der Waals surface area contributed by atoms with Crippen LogP contribution in [-0.2, 0) is 17.8 Å². The molecule has 0 saturated heterocycles. The van der Waals surface area contributed by atoms with Crippen molar-refractivity contribution in [2.24, 2.45) is 0 Å². The van der Waals surface area contributed by atoms with Crippen LogP contribution in [0.3, 0.4) is 0 Å². The van der Waals surface area contributed by atoms with Gasteiger partial charge in [-0.3, -0.25) is 9.13 Å². The third-order valence-electron chi connectivity index (χ3n) is 3.54. The minimum atomic E-state index is -1.06. The number of carboxylic acid groups (broad SMARTS) is 1. The van der Waals surface area contributed by atoms with Crippen LogP contribution in [0, 0.1) is 0 Å². The van der Waals surface area contributed by atoms with Gasteiger partial charge in [-0.25, -0.2) is 14.6 Å². The molecule has 126 valence electrons. The molecule has 23 heavy (non-hydrogen) atoms. The van der Waals surface area contributed by atoms with Crippen molar-refractivity contribution in [3.63, 3.8) is 0 Å². The number of hydrogen-bond acceptors (Lipinski definition) is 5.